The van der Waals surface area contributed by atoms with Gasteiger partial charge in [-0.3, -0.25) is 4.79 Å². The number of esters is 1. The van der Waals surface area contributed by atoms with Crippen molar-refractivity contribution in [3.05, 3.63) is 34.9 Å². The molecule has 0 radical (unpaired) electrons. The maximum absolute atomic E-state index is 11.7. The van der Waals surface area contributed by atoms with Gasteiger partial charge < -0.3 is 9.47 Å². The molecular weight excluding hydrogens is 240 g/mol. The summed E-state index contributed by atoms with van der Waals surface area (Å²) in [7, 11) is 0. The molecule has 0 saturated heterocycles. The molecule has 0 aliphatic heterocycles. The van der Waals surface area contributed by atoms with E-state index in [2.05, 4.69) is 12.1 Å². The highest BCUT2D eigenvalue weighted by Crippen LogP contribution is 2.22. The van der Waals surface area contributed by atoms with Crippen molar-refractivity contribution in [2.24, 2.45) is 0 Å². The molecule has 0 fully saturated rings. The molecule has 3 heteroatoms. The number of fused-ring (bicyclic) bond motifs is 1. The molecule has 104 valence electrons. The molecule has 3 nitrogen and oxygen atoms in total. The van der Waals surface area contributed by atoms with E-state index in [-0.39, 0.29) is 5.97 Å². The van der Waals surface area contributed by atoms with E-state index in [9.17, 15) is 4.79 Å². The van der Waals surface area contributed by atoms with Crippen LogP contribution in [0.2, 0.25) is 0 Å². The minimum Gasteiger partial charge on any atom is -0.463 e. The van der Waals surface area contributed by atoms with Crippen molar-refractivity contribution in [3.63, 3.8) is 0 Å². The Morgan fingerprint density at radius 2 is 1.95 bits per heavy atom. The van der Waals surface area contributed by atoms with Crippen LogP contribution in [0.5, 0.6) is 0 Å². The minimum absolute atomic E-state index is 0.171. The largest absolute Gasteiger partial charge is 0.463 e. The van der Waals surface area contributed by atoms with Crippen molar-refractivity contribution in [3.8, 4) is 0 Å². The van der Waals surface area contributed by atoms with Crippen LogP contribution in [0.4, 0.5) is 0 Å². The Balaban J connectivity index is 1.83. The third-order valence-corrected chi connectivity index (χ3v) is 3.46. The van der Waals surface area contributed by atoms with Crippen LogP contribution in [0.25, 0.3) is 0 Å². The van der Waals surface area contributed by atoms with E-state index in [1.165, 1.54) is 30.4 Å². The Morgan fingerprint density at radius 1 is 1.16 bits per heavy atom. The Labute approximate surface area is 114 Å². The van der Waals surface area contributed by atoms with Gasteiger partial charge in [-0.1, -0.05) is 18.2 Å². The van der Waals surface area contributed by atoms with Gasteiger partial charge in [0.05, 0.1) is 13.0 Å². The summed E-state index contributed by atoms with van der Waals surface area (Å²) in [6.45, 7) is 3.40. The molecule has 1 aromatic carbocycles. The van der Waals surface area contributed by atoms with Crippen LogP contribution >= 0.6 is 0 Å². The Bertz CT molecular complexity index is 426. The fourth-order valence-corrected chi connectivity index (χ4v) is 2.47. The zero-order chi connectivity index (χ0) is 13.5. The first-order valence-electron chi connectivity index (χ1n) is 7.13. The molecule has 0 aromatic heterocycles. The fourth-order valence-electron chi connectivity index (χ4n) is 2.47. The highest BCUT2D eigenvalue weighted by atomic mass is 16.6. The van der Waals surface area contributed by atoms with E-state index in [0.717, 1.165) is 12.0 Å². The molecule has 0 atom stereocenters. The standard InChI is InChI=1S/C16H22O3/c1-2-18-9-10-19-16(17)12-13-7-8-14-5-3-4-6-15(14)11-13/h7-8,11H,2-6,9-10,12H2,1H3. The van der Waals surface area contributed by atoms with Gasteiger partial charge in [-0.05, 0) is 49.3 Å². The molecular formula is C16H22O3. The van der Waals surface area contributed by atoms with Gasteiger partial charge in [-0.2, -0.15) is 0 Å². The van der Waals surface area contributed by atoms with E-state index in [0.29, 0.717) is 26.2 Å². The first kappa shape index (κ1) is 14.1. The van der Waals surface area contributed by atoms with E-state index in [4.69, 9.17) is 9.47 Å². The van der Waals surface area contributed by atoms with Crippen LogP contribution in [0.1, 0.15) is 36.5 Å². The van der Waals surface area contributed by atoms with Gasteiger partial charge in [0.2, 0.25) is 0 Å². The van der Waals surface area contributed by atoms with Crippen LogP contribution in [-0.4, -0.2) is 25.8 Å². The van der Waals surface area contributed by atoms with Crippen molar-refractivity contribution < 1.29 is 14.3 Å². The van der Waals surface area contributed by atoms with E-state index in [1.807, 2.05) is 13.0 Å². The molecule has 0 heterocycles. The molecule has 1 aliphatic carbocycles. The first-order chi connectivity index (χ1) is 9.29. The number of rotatable bonds is 6. The van der Waals surface area contributed by atoms with Gasteiger partial charge >= 0.3 is 5.97 Å². The summed E-state index contributed by atoms with van der Waals surface area (Å²) in [5.41, 5.74) is 3.91. The summed E-state index contributed by atoms with van der Waals surface area (Å²) in [5.74, 6) is -0.171. The highest BCUT2D eigenvalue weighted by molar-refractivity contribution is 5.72. The lowest BCUT2D eigenvalue weighted by Crippen LogP contribution is -2.13. The SMILES string of the molecule is CCOCCOC(=O)Cc1ccc2c(c1)CCCC2. The second-order valence-corrected chi connectivity index (χ2v) is 4.90. The van der Waals surface area contributed by atoms with Crippen LogP contribution in [0.15, 0.2) is 18.2 Å². The predicted octanol–water partition coefficient (Wildman–Crippen LogP) is 2.69. The quantitative estimate of drug-likeness (QED) is 0.584. The van der Waals surface area contributed by atoms with Gasteiger partial charge in [0, 0.05) is 6.61 Å². The summed E-state index contributed by atoms with van der Waals surface area (Å²) in [4.78, 5) is 11.7. The van der Waals surface area contributed by atoms with Gasteiger partial charge in [0.15, 0.2) is 0 Å². The Hall–Kier alpha value is -1.35. The van der Waals surface area contributed by atoms with Crippen LogP contribution in [-0.2, 0) is 33.5 Å². The smallest absolute Gasteiger partial charge is 0.310 e. The monoisotopic (exact) mass is 262 g/mol. The average Bonchev–Trinajstić information content (AvgIpc) is 2.43. The van der Waals surface area contributed by atoms with Crippen molar-refractivity contribution >= 4 is 5.97 Å². The summed E-state index contributed by atoms with van der Waals surface area (Å²) in [5, 5.41) is 0. The predicted molar refractivity (Wildman–Crippen MR) is 74.2 cm³/mol. The van der Waals surface area contributed by atoms with Gasteiger partial charge in [-0.15, -0.1) is 0 Å². The van der Waals surface area contributed by atoms with Gasteiger partial charge in [0.25, 0.3) is 0 Å². The zero-order valence-corrected chi connectivity index (χ0v) is 11.6. The first-order valence-corrected chi connectivity index (χ1v) is 7.13. The Kier molecular flexibility index (Phi) is 5.40. The zero-order valence-electron chi connectivity index (χ0n) is 11.6. The number of hydrogen-bond donors (Lipinski definition) is 0. The molecule has 0 spiro atoms. The van der Waals surface area contributed by atoms with Crippen molar-refractivity contribution in [2.75, 3.05) is 19.8 Å². The summed E-state index contributed by atoms with van der Waals surface area (Å²) >= 11 is 0. The third kappa shape index (κ3) is 4.35. The second kappa shape index (κ2) is 7.29. The number of carbonyl (C=O) groups is 1. The molecule has 19 heavy (non-hydrogen) atoms. The molecule has 0 N–H and O–H groups in total. The molecule has 0 bridgehead atoms. The van der Waals surface area contributed by atoms with E-state index >= 15 is 0 Å². The topological polar surface area (TPSA) is 35.5 Å². The molecule has 0 saturated carbocycles. The van der Waals surface area contributed by atoms with E-state index in [1.54, 1.807) is 0 Å². The maximum Gasteiger partial charge on any atom is 0.310 e. The molecule has 1 aromatic rings. The third-order valence-electron chi connectivity index (χ3n) is 3.46. The number of hydrogen-bond acceptors (Lipinski definition) is 3. The van der Waals surface area contributed by atoms with Crippen LogP contribution in [0, 0.1) is 0 Å². The Morgan fingerprint density at radius 3 is 2.74 bits per heavy atom. The lowest BCUT2D eigenvalue weighted by Gasteiger charge is -2.16. The summed E-state index contributed by atoms with van der Waals surface area (Å²) < 4.78 is 10.3. The van der Waals surface area contributed by atoms with Gasteiger partial charge in [0.1, 0.15) is 6.61 Å². The molecule has 1 aliphatic rings. The molecule has 2 rings (SSSR count). The normalized spacial score (nSPS) is 13.9. The summed E-state index contributed by atoms with van der Waals surface area (Å²) in [6, 6.07) is 6.38. The van der Waals surface area contributed by atoms with Crippen LogP contribution < -0.4 is 0 Å². The van der Waals surface area contributed by atoms with Crippen LogP contribution in [0.3, 0.4) is 0 Å². The number of benzene rings is 1. The lowest BCUT2D eigenvalue weighted by molar-refractivity contribution is -0.144. The van der Waals surface area contributed by atoms with Crippen molar-refractivity contribution in [1.82, 2.24) is 0 Å². The van der Waals surface area contributed by atoms with Gasteiger partial charge in [-0.25, -0.2) is 0 Å². The number of carbonyl (C=O) groups excluding carboxylic acids is 1. The average molecular weight is 262 g/mol. The lowest BCUT2D eigenvalue weighted by atomic mass is 9.90. The minimum atomic E-state index is -0.171. The number of ether oxygens (including phenoxy) is 2. The molecule has 0 unspecified atom stereocenters. The fraction of sp³-hybridized carbons (Fsp3) is 0.562. The van der Waals surface area contributed by atoms with E-state index < -0.39 is 0 Å². The summed E-state index contributed by atoms with van der Waals surface area (Å²) in [6.07, 6.45) is 5.22. The second-order valence-electron chi connectivity index (χ2n) is 4.90. The number of aryl methyl sites for hydroxylation is 2. The molecule has 0 amide bonds. The van der Waals surface area contributed by atoms with Crippen molar-refractivity contribution in [1.29, 1.82) is 0 Å². The highest BCUT2D eigenvalue weighted by Gasteiger charge is 2.11. The maximum atomic E-state index is 11.7. The van der Waals surface area contributed by atoms with Crippen molar-refractivity contribution in [2.45, 2.75) is 39.0 Å².